The number of benzene rings is 1. The maximum absolute atomic E-state index is 12.9. The zero-order valence-corrected chi connectivity index (χ0v) is 17.6. The first-order valence-electron chi connectivity index (χ1n) is 10.0. The Labute approximate surface area is 171 Å². The molecule has 0 radical (unpaired) electrons. The van der Waals surface area contributed by atoms with Crippen LogP contribution in [0, 0.1) is 6.92 Å². The third-order valence-electron chi connectivity index (χ3n) is 5.30. The van der Waals surface area contributed by atoms with Crippen LogP contribution in [0.4, 0.5) is 0 Å². The second kappa shape index (κ2) is 9.69. The molecule has 0 atom stereocenters. The maximum atomic E-state index is 12.9. The minimum absolute atomic E-state index is 0.0766. The molecule has 0 aromatic heterocycles. The molecular weight excluding hydrogens is 396 g/mol. The van der Waals surface area contributed by atoms with Crippen LogP contribution in [0.1, 0.15) is 41.6 Å². The fourth-order valence-corrected chi connectivity index (χ4v) is 5.21. The Morgan fingerprint density at radius 2 is 1.69 bits per heavy atom. The van der Waals surface area contributed by atoms with E-state index in [0.29, 0.717) is 31.9 Å². The topological polar surface area (TPSA) is 93.2 Å². The summed E-state index contributed by atoms with van der Waals surface area (Å²) in [5.41, 5.74) is 0.666. The van der Waals surface area contributed by atoms with E-state index in [4.69, 9.17) is 9.47 Å². The molecule has 1 amide bonds. The van der Waals surface area contributed by atoms with Gasteiger partial charge in [0.1, 0.15) is 0 Å². The number of likely N-dealkylation sites (tertiary alicyclic amines) is 1. The molecule has 1 aromatic rings. The second-order valence-corrected chi connectivity index (χ2v) is 9.27. The smallest absolute Gasteiger partial charge is 0.338 e. The highest BCUT2D eigenvalue weighted by Crippen LogP contribution is 2.23. The molecule has 160 valence electrons. The Kier molecular flexibility index (Phi) is 7.26. The van der Waals surface area contributed by atoms with Gasteiger partial charge in [0.15, 0.2) is 6.61 Å². The molecule has 2 aliphatic rings. The largest absolute Gasteiger partial charge is 0.452 e. The lowest BCUT2D eigenvalue weighted by molar-refractivity contribution is -0.134. The van der Waals surface area contributed by atoms with Crippen LogP contribution in [0.25, 0.3) is 0 Å². The van der Waals surface area contributed by atoms with Crippen molar-refractivity contribution in [2.75, 3.05) is 46.0 Å². The first-order valence-corrected chi connectivity index (χ1v) is 11.5. The van der Waals surface area contributed by atoms with E-state index in [0.717, 1.165) is 25.7 Å². The van der Waals surface area contributed by atoms with E-state index in [1.807, 2.05) is 0 Å². The normalized spacial score (nSPS) is 18.9. The summed E-state index contributed by atoms with van der Waals surface area (Å²) in [7, 11) is -3.73. The van der Waals surface area contributed by atoms with Gasteiger partial charge in [-0.2, -0.15) is 4.31 Å². The van der Waals surface area contributed by atoms with Gasteiger partial charge in [0, 0.05) is 26.2 Å². The van der Waals surface area contributed by atoms with E-state index in [1.54, 1.807) is 17.9 Å². The number of hydrogen-bond acceptors (Lipinski definition) is 6. The number of carbonyl (C=O) groups excluding carboxylic acids is 2. The van der Waals surface area contributed by atoms with Crippen molar-refractivity contribution in [3.05, 3.63) is 29.3 Å². The van der Waals surface area contributed by atoms with Crippen LogP contribution in [0.3, 0.4) is 0 Å². The molecule has 0 unspecified atom stereocenters. The third kappa shape index (κ3) is 5.34. The van der Waals surface area contributed by atoms with Gasteiger partial charge in [-0.25, -0.2) is 13.2 Å². The molecule has 9 heteroatoms. The van der Waals surface area contributed by atoms with Gasteiger partial charge in [-0.3, -0.25) is 4.79 Å². The van der Waals surface area contributed by atoms with E-state index in [1.165, 1.54) is 16.4 Å². The number of rotatable bonds is 5. The van der Waals surface area contributed by atoms with Crippen LogP contribution in [0.2, 0.25) is 0 Å². The van der Waals surface area contributed by atoms with Crippen molar-refractivity contribution < 1.29 is 27.5 Å². The number of ether oxygens (including phenoxy) is 2. The molecule has 8 nitrogen and oxygen atoms in total. The number of hydrogen-bond donors (Lipinski definition) is 0. The number of sulfonamides is 1. The van der Waals surface area contributed by atoms with E-state index in [2.05, 4.69) is 0 Å². The van der Waals surface area contributed by atoms with Gasteiger partial charge < -0.3 is 14.4 Å². The summed E-state index contributed by atoms with van der Waals surface area (Å²) < 4.78 is 37.6. The van der Waals surface area contributed by atoms with Gasteiger partial charge in [0.25, 0.3) is 5.91 Å². The second-order valence-electron chi connectivity index (χ2n) is 7.37. The molecule has 0 spiro atoms. The van der Waals surface area contributed by atoms with Gasteiger partial charge >= 0.3 is 5.97 Å². The lowest BCUT2D eigenvalue weighted by Gasteiger charge is -2.26. The van der Waals surface area contributed by atoms with Crippen molar-refractivity contribution in [1.29, 1.82) is 0 Å². The summed E-state index contributed by atoms with van der Waals surface area (Å²) in [5.74, 6) is -0.917. The third-order valence-corrected chi connectivity index (χ3v) is 7.34. The monoisotopic (exact) mass is 424 g/mol. The Balaban J connectivity index is 1.68. The molecule has 1 aromatic carbocycles. The zero-order valence-electron chi connectivity index (χ0n) is 16.8. The predicted octanol–water partition coefficient (Wildman–Crippen LogP) is 1.58. The van der Waals surface area contributed by atoms with Crippen LogP contribution in [0.5, 0.6) is 0 Å². The lowest BCUT2D eigenvalue weighted by atomic mass is 10.1. The molecule has 2 fully saturated rings. The fraction of sp³-hybridized carbons (Fsp3) is 0.600. The van der Waals surface area contributed by atoms with E-state index >= 15 is 0 Å². The van der Waals surface area contributed by atoms with Crippen molar-refractivity contribution >= 4 is 21.9 Å². The SMILES string of the molecule is Cc1ccc(C(=O)OCC(=O)N2CCCCCC2)cc1S(=O)(=O)N1CCOCC1. The van der Waals surface area contributed by atoms with Gasteiger partial charge in [0.2, 0.25) is 10.0 Å². The molecule has 0 bridgehead atoms. The molecule has 3 rings (SSSR count). The first kappa shape index (κ1) is 21.7. The van der Waals surface area contributed by atoms with E-state index in [-0.39, 0.29) is 36.1 Å². The molecule has 0 saturated carbocycles. The van der Waals surface area contributed by atoms with Gasteiger partial charge in [-0.1, -0.05) is 18.9 Å². The van der Waals surface area contributed by atoms with Crippen LogP contribution < -0.4 is 0 Å². The van der Waals surface area contributed by atoms with Crippen molar-refractivity contribution in [3.63, 3.8) is 0 Å². The summed E-state index contributed by atoms with van der Waals surface area (Å²) in [4.78, 5) is 26.6. The van der Waals surface area contributed by atoms with Gasteiger partial charge in [-0.15, -0.1) is 0 Å². The van der Waals surface area contributed by atoms with Crippen LogP contribution in [0.15, 0.2) is 23.1 Å². The quantitative estimate of drug-likeness (QED) is 0.666. The van der Waals surface area contributed by atoms with Crippen LogP contribution in [-0.2, 0) is 24.3 Å². The minimum Gasteiger partial charge on any atom is -0.452 e. The fourth-order valence-electron chi connectivity index (χ4n) is 3.55. The number of esters is 1. The summed E-state index contributed by atoms with van der Waals surface area (Å²) in [5, 5.41) is 0. The minimum atomic E-state index is -3.73. The van der Waals surface area contributed by atoms with Crippen molar-refractivity contribution in [3.8, 4) is 0 Å². The summed E-state index contributed by atoms with van der Waals surface area (Å²) in [6, 6.07) is 4.44. The average molecular weight is 425 g/mol. The van der Waals surface area contributed by atoms with Crippen LogP contribution >= 0.6 is 0 Å². The molecule has 0 aliphatic carbocycles. The molecule has 2 heterocycles. The zero-order chi connectivity index (χ0) is 20.9. The molecular formula is C20H28N2O6S. The number of carbonyl (C=O) groups is 2. The number of morpholine rings is 1. The Morgan fingerprint density at radius 3 is 2.34 bits per heavy atom. The van der Waals surface area contributed by atoms with E-state index in [9.17, 15) is 18.0 Å². The first-order chi connectivity index (χ1) is 13.9. The highest BCUT2D eigenvalue weighted by atomic mass is 32.2. The van der Waals surface area contributed by atoms with E-state index < -0.39 is 16.0 Å². The summed E-state index contributed by atoms with van der Waals surface area (Å²) >= 11 is 0. The highest BCUT2D eigenvalue weighted by molar-refractivity contribution is 7.89. The van der Waals surface area contributed by atoms with Crippen LogP contribution in [-0.4, -0.2) is 75.5 Å². The van der Waals surface area contributed by atoms with Crippen molar-refractivity contribution in [2.24, 2.45) is 0 Å². The van der Waals surface area contributed by atoms with Gasteiger partial charge in [0.05, 0.1) is 23.7 Å². The molecule has 29 heavy (non-hydrogen) atoms. The maximum Gasteiger partial charge on any atom is 0.338 e. The van der Waals surface area contributed by atoms with Crippen molar-refractivity contribution in [1.82, 2.24) is 9.21 Å². The number of nitrogens with zero attached hydrogens (tertiary/aromatic N) is 2. The average Bonchev–Trinajstić information content (AvgIpc) is 3.02. The predicted molar refractivity (Wildman–Crippen MR) is 106 cm³/mol. The number of amides is 1. The standard InChI is InChI=1S/C20H28N2O6S/c1-16-6-7-17(14-18(16)29(25,26)22-10-12-27-13-11-22)20(24)28-15-19(23)21-8-4-2-3-5-9-21/h6-7,14H,2-5,8-13,15H2,1H3. The summed E-state index contributed by atoms with van der Waals surface area (Å²) in [6.45, 7) is 3.97. The highest BCUT2D eigenvalue weighted by Gasteiger charge is 2.28. The Morgan fingerprint density at radius 1 is 1.03 bits per heavy atom. The number of aryl methyl sites for hydroxylation is 1. The van der Waals surface area contributed by atoms with Crippen molar-refractivity contribution in [2.45, 2.75) is 37.5 Å². The lowest BCUT2D eigenvalue weighted by Crippen LogP contribution is -2.40. The Hall–Kier alpha value is -1.97. The molecule has 0 N–H and O–H groups in total. The molecule has 2 aliphatic heterocycles. The Bertz CT molecular complexity index is 841. The molecule has 2 saturated heterocycles. The summed E-state index contributed by atoms with van der Waals surface area (Å²) in [6.07, 6.45) is 4.13. The van der Waals surface area contributed by atoms with Gasteiger partial charge in [-0.05, 0) is 37.5 Å².